The van der Waals surface area contributed by atoms with E-state index in [-0.39, 0.29) is 30.8 Å². The molecule has 9 heteroatoms. The lowest BCUT2D eigenvalue weighted by Crippen LogP contribution is -2.38. The molecule has 0 radical (unpaired) electrons. The number of aliphatic hydroxyl groups excluding tert-OH is 1. The fourth-order valence-electron chi connectivity index (χ4n) is 5.09. The lowest BCUT2D eigenvalue weighted by atomic mass is 9.91. The summed E-state index contributed by atoms with van der Waals surface area (Å²) in [4.78, 5) is 17.4. The zero-order valence-electron chi connectivity index (χ0n) is 23.7. The molecule has 43 heavy (non-hydrogen) atoms. The number of anilines is 1. The normalized spacial score (nSPS) is 20.1. The predicted molar refractivity (Wildman–Crippen MR) is 172 cm³/mol. The third-order valence-electron chi connectivity index (χ3n) is 7.48. The zero-order chi connectivity index (χ0) is 29.6. The average molecular weight is 612 g/mol. The number of carbonyl (C=O) groups excluding carboxylic acids is 1. The number of carbonyl (C=O) groups is 1. The maximum atomic E-state index is 12.6. The van der Waals surface area contributed by atoms with Gasteiger partial charge in [0.25, 0.3) is 0 Å². The van der Waals surface area contributed by atoms with Crippen molar-refractivity contribution in [3.63, 3.8) is 0 Å². The van der Waals surface area contributed by atoms with Crippen LogP contribution in [0, 0.1) is 5.92 Å². The Bertz CT molecular complexity index is 1630. The van der Waals surface area contributed by atoms with Crippen molar-refractivity contribution >= 4 is 45.0 Å². The Kier molecular flexibility index (Phi) is 9.36. The van der Waals surface area contributed by atoms with Crippen molar-refractivity contribution in [1.29, 1.82) is 0 Å². The van der Waals surface area contributed by atoms with Crippen LogP contribution >= 0.6 is 23.1 Å². The number of thiazole rings is 1. The Morgan fingerprint density at radius 1 is 0.907 bits per heavy atom. The summed E-state index contributed by atoms with van der Waals surface area (Å²) in [6.45, 7) is 2.58. The highest BCUT2D eigenvalue weighted by molar-refractivity contribution is 8.01. The van der Waals surface area contributed by atoms with E-state index >= 15 is 0 Å². The van der Waals surface area contributed by atoms with E-state index in [9.17, 15) is 9.90 Å². The van der Waals surface area contributed by atoms with Crippen LogP contribution < -0.4 is 10.6 Å². The molecule has 7 nitrogen and oxygen atoms in total. The molecule has 1 fully saturated rings. The van der Waals surface area contributed by atoms with Gasteiger partial charge in [-0.15, -0.1) is 11.3 Å². The molecule has 1 aliphatic heterocycles. The fraction of sp³-hybridized carbons (Fsp3) is 0.235. The number of aromatic nitrogens is 1. The van der Waals surface area contributed by atoms with Gasteiger partial charge in [0.05, 0.1) is 29.0 Å². The summed E-state index contributed by atoms with van der Waals surface area (Å²) in [5, 5.41) is 15.4. The Balaban J connectivity index is 1.19. The van der Waals surface area contributed by atoms with E-state index in [4.69, 9.17) is 14.5 Å². The smallest absolute Gasteiger partial charge is 0.319 e. The predicted octanol–water partition coefficient (Wildman–Crippen LogP) is 7.69. The van der Waals surface area contributed by atoms with Gasteiger partial charge in [0.2, 0.25) is 0 Å². The van der Waals surface area contributed by atoms with E-state index in [1.165, 1.54) is 4.70 Å². The summed E-state index contributed by atoms with van der Waals surface area (Å²) >= 11 is 3.39. The molecule has 5 aromatic rings. The number of rotatable bonds is 9. The van der Waals surface area contributed by atoms with Gasteiger partial charge in [-0.3, -0.25) is 0 Å². The minimum Gasteiger partial charge on any atom is -0.392 e. The molecule has 3 N–H and O–H groups in total. The largest absolute Gasteiger partial charge is 0.392 e. The molecule has 4 aromatic carbocycles. The number of amides is 2. The molecule has 0 unspecified atom stereocenters. The quantitative estimate of drug-likeness (QED) is 0.148. The number of para-hydroxylation sites is 1. The van der Waals surface area contributed by atoms with E-state index < -0.39 is 6.29 Å². The molecule has 0 spiro atoms. The van der Waals surface area contributed by atoms with Gasteiger partial charge in [-0.2, -0.15) is 0 Å². The summed E-state index contributed by atoms with van der Waals surface area (Å²) in [5.74, 6) is 0.773. The van der Waals surface area contributed by atoms with Crippen LogP contribution in [0.1, 0.15) is 41.6 Å². The molecule has 220 valence electrons. The van der Waals surface area contributed by atoms with E-state index in [1.54, 1.807) is 23.1 Å². The van der Waals surface area contributed by atoms with Crippen molar-refractivity contribution in [3.05, 3.63) is 125 Å². The molecule has 1 aromatic heterocycles. The highest BCUT2D eigenvalue weighted by Gasteiger charge is 2.38. The van der Waals surface area contributed by atoms with Crippen LogP contribution in [0.4, 0.5) is 10.5 Å². The van der Waals surface area contributed by atoms with Crippen LogP contribution in [0.3, 0.4) is 0 Å². The van der Waals surface area contributed by atoms with Crippen molar-refractivity contribution in [1.82, 2.24) is 10.3 Å². The van der Waals surface area contributed by atoms with Crippen LogP contribution in [-0.2, 0) is 22.6 Å². The van der Waals surface area contributed by atoms with Crippen LogP contribution in [0.2, 0.25) is 0 Å². The number of urea groups is 1. The summed E-state index contributed by atoms with van der Waals surface area (Å²) in [5.41, 5.74) is 5.39. The summed E-state index contributed by atoms with van der Waals surface area (Å²) in [6, 6.07) is 33.2. The third-order valence-corrected chi connectivity index (χ3v) is 9.75. The molecule has 2 heterocycles. The number of ether oxygens (including phenoxy) is 2. The van der Waals surface area contributed by atoms with E-state index in [1.807, 2.05) is 97.1 Å². The lowest BCUT2D eigenvalue weighted by molar-refractivity contribution is -0.268. The number of benzene rings is 4. The third kappa shape index (κ3) is 7.26. The zero-order valence-corrected chi connectivity index (χ0v) is 25.3. The molecular formula is C34H33N3O4S2. The Morgan fingerprint density at radius 2 is 1.70 bits per heavy atom. The van der Waals surface area contributed by atoms with Gasteiger partial charge in [-0.25, -0.2) is 9.78 Å². The Morgan fingerprint density at radius 3 is 2.49 bits per heavy atom. The lowest BCUT2D eigenvalue weighted by Gasteiger charge is -2.41. The molecule has 0 aliphatic carbocycles. The van der Waals surface area contributed by atoms with Gasteiger partial charge in [0.15, 0.2) is 10.6 Å². The van der Waals surface area contributed by atoms with Crippen LogP contribution in [0.5, 0.6) is 0 Å². The average Bonchev–Trinajstić information content (AvgIpc) is 3.47. The molecule has 0 saturated carbocycles. The topological polar surface area (TPSA) is 92.7 Å². The standard InChI is InChI=1S/C34H33N3O4S2/c1-22-29(21-42-34-37-28-12-5-6-13-30(28)43-34)40-32(41-31(22)25-16-14-24(20-38)15-17-25)26-10-7-11-27(18-26)36-33(39)35-19-23-8-3-2-4-9-23/h2-18,22,29,31-32,38H,19-21H2,1H3,(H2,35,36,39)/t22-,29+,31+,32+/m0/s1. The second-order valence-corrected chi connectivity index (χ2v) is 12.8. The Labute approximate surface area is 259 Å². The SMILES string of the molecule is C[C@H]1[C@@H](CSc2nc3ccccc3s2)O[C@@H](c2cccc(NC(=O)NCc3ccccc3)c2)O[C@H]1c1ccc(CO)cc1. The van der Waals surface area contributed by atoms with E-state index in [0.29, 0.717) is 18.0 Å². The fourth-order valence-corrected chi connectivity index (χ4v) is 7.35. The van der Waals surface area contributed by atoms with Crippen molar-refractivity contribution in [3.8, 4) is 0 Å². The summed E-state index contributed by atoms with van der Waals surface area (Å²) in [7, 11) is 0. The second kappa shape index (κ2) is 13.7. The number of nitrogens with one attached hydrogen (secondary N) is 2. The molecule has 6 rings (SSSR count). The monoisotopic (exact) mass is 611 g/mol. The number of fused-ring (bicyclic) bond motifs is 1. The van der Waals surface area contributed by atoms with Crippen LogP contribution in [0.25, 0.3) is 10.2 Å². The van der Waals surface area contributed by atoms with Crippen molar-refractivity contribution in [2.24, 2.45) is 5.92 Å². The van der Waals surface area contributed by atoms with Crippen molar-refractivity contribution < 1.29 is 19.4 Å². The highest BCUT2D eigenvalue weighted by atomic mass is 32.2. The minimum absolute atomic E-state index is 0.00670. The van der Waals surface area contributed by atoms with Crippen LogP contribution in [0.15, 0.2) is 107 Å². The number of nitrogens with zero attached hydrogens (tertiary/aromatic N) is 1. The first-order valence-electron chi connectivity index (χ1n) is 14.2. The van der Waals surface area contributed by atoms with Gasteiger partial charge in [-0.05, 0) is 41.0 Å². The van der Waals surface area contributed by atoms with Gasteiger partial charge in [0, 0.05) is 29.5 Å². The van der Waals surface area contributed by atoms with Crippen molar-refractivity contribution in [2.75, 3.05) is 11.1 Å². The minimum atomic E-state index is -0.631. The summed E-state index contributed by atoms with van der Waals surface area (Å²) < 4.78 is 15.4. The molecule has 0 bridgehead atoms. The van der Waals surface area contributed by atoms with E-state index in [2.05, 4.69) is 23.6 Å². The highest BCUT2D eigenvalue weighted by Crippen LogP contribution is 2.43. The van der Waals surface area contributed by atoms with Gasteiger partial charge in [-0.1, -0.05) is 97.5 Å². The second-order valence-electron chi connectivity index (χ2n) is 10.5. The Hall–Kier alpha value is -3.73. The molecular weight excluding hydrogens is 579 g/mol. The first-order chi connectivity index (χ1) is 21.1. The molecule has 4 atom stereocenters. The van der Waals surface area contributed by atoms with E-state index in [0.717, 1.165) is 32.1 Å². The maximum Gasteiger partial charge on any atom is 0.319 e. The molecule has 1 saturated heterocycles. The van der Waals surface area contributed by atoms with Crippen molar-refractivity contribution in [2.45, 2.75) is 42.9 Å². The number of hydrogen-bond donors (Lipinski definition) is 3. The number of hydrogen-bond acceptors (Lipinski definition) is 7. The summed E-state index contributed by atoms with van der Waals surface area (Å²) in [6.07, 6.45) is -0.976. The first kappa shape index (κ1) is 29.3. The first-order valence-corrected chi connectivity index (χ1v) is 16.0. The number of thioether (sulfide) groups is 1. The van der Waals surface area contributed by atoms with Gasteiger partial charge < -0.3 is 25.2 Å². The van der Waals surface area contributed by atoms with Crippen LogP contribution in [-0.4, -0.2) is 28.0 Å². The molecule has 1 aliphatic rings. The van der Waals surface area contributed by atoms with Gasteiger partial charge in [0.1, 0.15) is 0 Å². The molecule has 2 amide bonds. The van der Waals surface area contributed by atoms with Gasteiger partial charge >= 0.3 is 6.03 Å². The maximum absolute atomic E-state index is 12.6. The number of aliphatic hydroxyl groups is 1.